The zero-order valence-electron chi connectivity index (χ0n) is 16.9. The fourth-order valence-electron chi connectivity index (χ4n) is 4.82. The number of ether oxygens (including phenoxy) is 1. The van der Waals surface area contributed by atoms with E-state index < -0.39 is 5.60 Å². The van der Waals surface area contributed by atoms with Gasteiger partial charge in [-0.15, -0.1) is 0 Å². The number of amides is 2. The van der Waals surface area contributed by atoms with Crippen molar-refractivity contribution >= 4 is 11.8 Å². The molecule has 3 aliphatic rings. The number of carbonyl (C=O) groups excluding carboxylic acids is 2. The van der Waals surface area contributed by atoms with Crippen molar-refractivity contribution in [3.05, 3.63) is 23.8 Å². The monoisotopic (exact) mass is 386 g/mol. The number of hydrogen-bond acceptors (Lipinski definition) is 5. The summed E-state index contributed by atoms with van der Waals surface area (Å²) < 4.78 is 5.74. The van der Waals surface area contributed by atoms with Gasteiger partial charge in [0.05, 0.1) is 24.1 Å². The minimum absolute atomic E-state index is 0.111. The van der Waals surface area contributed by atoms with Gasteiger partial charge in [-0.2, -0.15) is 0 Å². The molecule has 7 nitrogen and oxygen atoms in total. The van der Waals surface area contributed by atoms with E-state index >= 15 is 0 Å². The summed E-state index contributed by atoms with van der Waals surface area (Å²) in [5, 5.41) is 0. The second-order valence-corrected chi connectivity index (χ2v) is 8.87. The maximum absolute atomic E-state index is 12.9. The normalized spacial score (nSPS) is 27.4. The van der Waals surface area contributed by atoms with E-state index in [-0.39, 0.29) is 17.2 Å². The summed E-state index contributed by atoms with van der Waals surface area (Å²) >= 11 is 0. The Morgan fingerprint density at radius 3 is 2.61 bits per heavy atom. The highest BCUT2D eigenvalue weighted by atomic mass is 16.5. The molecule has 1 spiro atoms. The Kier molecular flexibility index (Phi) is 5.12. The quantitative estimate of drug-likeness (QED) is 0.795. The Hall–Kier alpha value is -2.02. The lowest BCUT2D eigenvalue weighted by Gasteiger charge is -2.48. The largest absolute Gasteiger partial charge is 0.365 e. The van der Waals surface area contributed by atoms with Gasteiger partial charge in [0.25, 0.3) is 5.91 Å². The Labute approximate surface area is 166 Å². The lowest BCUT2D eigenvalue weighted by molar-refractivity contribution is -0.155. The molecule has 1 aromatic heterocycles. The fourth-order valence-corrected chi connectivity index (χ4v) is 4.82. The van der Waals surface area contributed by atoms with Crippen LogP contribution in [0.2, 0.25) is 0 Å². The summed E-state index contributed by atoms with van der Waals surface area (Å²) in [7, 11) is 0. The molecule has 0 N–H and O–H groups in total. The number of likely N-dealkylation sites (tertiary alicyclic amines) is 2. The van der Waals surface area contributed by atoms with Gasteiger partial charge in [0, 0.05) is 38.9 Å². The van der Waals surface area contributed by atoms with Crippen LogP contribution in [-0.4, -0.2) is 63.4 Å². The van der Waals surface area contributed by atoms with Gasteiger partial charge >= 0.3 is 0 Å². The third-order valence-corrected chi connectivity index (χ3v) is 6.72. The predicted octanol–water partition coefficient (Wildman–Crippen LogP) is 2.09. The summed E-state index contributed by atoms with van der Waals surface area (Å²) in [6.45, 7) is 7.28. The Morgan fingerprint density at radius 2 is 1.96 bits per heavy atom. The van der Waals surface area contributed by atoms with Crippen LogP contribution in [0, 0.1) is 12.3 Å². The number of carbonyl (C=O) groups is 2. The molecule has 0 saturated carbocycles. The molecule has 28 heavy (non-hydrogen) atoms. The molecule has 2 amide bonds. The Bertz CT molecular complexity index is 735. The average molecular weight is 386 g/mol. The van der Waals surface area contributed by atoms with Crippen LogP contribution >= 0.6 is 0 Å². The first-order chi connectivity index (χ1) is 13.4. The van der Waals surface area contributed by atoms with Crippen LogP contribution in [-0.2, 0) is 20.9 Å². The highest BCUT2D eigenvalue weighted by Gasteiger charge is 2.45. The van der Waals surface area contributed by atoms with Crippen LogP contribution in [0.5, 0.6) is 0 Å². The average Bonchev–Trinajstić information content (AvgIpc) is 3.15. The number of aryl methyl sites for hydroxylation is 1. The molecule has 4 rings (SSSR count). The standard InChI is InChI=1S/C21H30N4O3/c1-16-12-23-17(13-22-16)14-25-15-21(6-4-18(25)26)7-9-24(10-8-21)19(27)20(2)5-3-11-28-20/h12-13H,3-11,14-15H2,1-2H3/t20-/m0/s1. The fraction of sp³-hybridized carbons (Fsp3) is 0.714. The third kappa shape index (κ3) is 3.77. The maximum Gasteiger partial charge on any atom is 0.254 e. The Morgan fingerprint density at radius 1 is 1.18 bits per heavy atom. The van der Waals surface area contributed by atoms with Crippen molar-refractivity contribution in [2.45, 2.75) is 64.5 Å². The summed E-state index contributed by atoms with van der Waals surface area (Å²) in [5.41, 5.74) is 1.18. The molecular formula is C21H30N4O3. The number of hydrogen-bond donors (Lipinski definition) is 0. The van der Waals surface area contributed by atoms with Gasteiger partial charge < -0.3 is 14.5 Å². The molecule has 0 aliphatic carbocycles. The highest BCUT2D eigenvalue weighted by molar-refractivity contribution is 5.85. The number of rotatable bonds is 3. The van der Waals surface area contributed by atoms with Crippen LogP contribution < -0.4 is 0 Å². The molecule has 0 radical (unpaired) electrons. The van der Waals surface area contributed by atoms with E-state index in [0.717, 1.165) is 63.1 Å². The number of nitrogens with zero attached hydrogens (tertiary/aromatic N) is 4. The molecule has 3 fully saturated rings. The van der Waals surface area contributed by atoms with Crippen molar-refractivity contribution in [2.24, 2.45) is 5.41 Å². The second kappa shape index (κ2) is 7.43. The molecule has 0 bridgehead atoms. The molecule has 0 unspecified atom stereocenters. The zero-order valence-corrected chi connectivity index (χ0v) is 16.9. The van der Waals surface area contributed by atoms with E-state index in [0.29, 0.717) is 19.6 Å². The topological polar surface area (TPSA) is 75.6 Å². The van der Waals surface area contributed by atoms with Gasteiger partial charge in [-0.1, -0.05) is 0 Å². The SMILES string of the molecule is Cc1cnc(CN2CC3(CCC2=O)CCN(C(=O)[C@]2(C)CCCO2)CC3)cn1. The molecule has 3 aliphatic heterocycles. The highest BCUT2D eigenvalue weighted by Crippen LogP contribution is 2.41. The van der Waals surface area contributed by atoms with Gasteiger partial charge in [-0.25, -0.2) is 0 Å². The molecular weight excluding hydrogens is 356 g/mol. The van der Waals surface area contributed by atoms with Crippen molar-refractivity contribution in [2.75, 3.05) is 26.2 Å². The first-order valence-corrected chi connectivity index (χ1v) is 10.4. The third-order valence-electron chi connectivity index (χ3n) is 6.72. The summed E-state index contributed by atoms with van der Waals surface area (Å²) in [6.07, 6.45) is 8.65. The molecule has 3 saturated heterocycles. The van der Waals surface area contributed by atoms with Crippen molar-refractivity contribution in [1.82, 2.24) is 19.8 Å². The van der Waals surface area contributed by atoms with E-state index in [2.05, 4.69) is 9.97 Å². The van der Waals surface area contributed by atoms with Crippen LogP contribution in [0.1, 0.15) is 56.8 Å². The van der Waals surface area contributed by atoms with Gasteiger partial charge in [0.1, 0.15) is 5.60 Å². The summed E-state index contributed by atoms with van der Waals surface area (Å²) in [5.74, 6) is 0.330. The number of aromatic nitrogens is 2. The lowest BCUT2D eigenvalue weighted by Crippen LogP contribution is -2.55. The molecule has 1 atom stereocenters. The van der Waals surface area contributed by atoms with E-state index in [1.165, 1.54) is 0 Å². The van der Waals surface area contributed by atoms with Crippen LogP contribution in [0.15, 0.2) is 12.4 Å². The van der Waals surface area contributed by atoms with Crippen LogP contribution in [0.4, 0.5) is 0 Å². The smallest absolute Gasteiger partial charge is 0.254 e. The van der Waals surface area contributed by atoms with Crippen LogP contribution in [0.3, 0.4) is 0 Å². The first-order valence-electron chi connectivity index (χ1n) is 10.4. The van der Waals surface area contributed by atoms with E-state index in [9.17, 15) is 9.59 Å². The van der Waals surface area contributed by atoms with Crippen LogP contribution in [0.25, 0.3) is 0 Å². The molecule has 1 aromatic rings. The van der Waals surface area contributed by atoms with Crippen molar-refractivity contribution in [3.63, 3.8) is 0 Å². The maximum atomic E-state index is 12.9. The van der Waals surface area contributed by atoms with Gasteiger partial charge in [-0.3, -0.25) is 19.6 Å². The summed E-state index contributed by atoms with van der Waals surface area (Å²) in [6, 6.07) is 0. The molecule has 7 heteroatoms. The number of piperidine rings is 2. The molecule has 0 aromatic carbocycles. The van der Waals surface area contributed by atoms with E-state index in [1.807, 2.05) is 23.6 Å². The second-order valence-electron chi connectivity index (χ2n) is 8.87. The van der Waals surface area contributed by atoms with Gasteiger partial charge in [0.2, 0.25) is 5.91 Å². The zero-order chi connectivity index (χ0) is 19.8. The van der Waals surface area contributed by atoms with E-state index in [1.54, 1.807) is 12.4 Å². The predicted molar refractivity (Wildman–Crippen MR) is 103 cm³/mol. The minimum atomic E-state index is -0.636. The first kappa shape index (κ1) is 19.3. The lowest BCUT2D eigenvalue weighted by atomic mass is 9.72. The molecule has 4 heterocycles. The van der Waals surface area contributed by atoms with Crippen molar-refractivity contribution < 1.29 is 14.3 Å². The Balaban J connectivity index is 1.38. The van der Waals surface area contributed by atoms with Gasteiger partial charge in [-0.05, 0) is 51.4 Å². The minimum Gasteiger partial charge on any atom is -0.365 e. The molecule has 152 valence electrons. The van der Waals surface area contributed by atoms with Crippen molar-refractivity contribution in [1.29, 1.82) is 0 Å². The van der Waals surface area contributed by atoms with E-state index in [4.69, 9.17) is 4.74 Å². The summed E-state index contributed by atoms with van der Waals surface area (Å²) in [4.78, 5) is 38.0. The van der Waals surface area contributed by atoms with Gasteiger partial charge in [0.15, 0.2) is 0 Å². The van der Waals surface area contributed by atoms with Crippen molar-refractivity contribution in [3.8, 4) is 0 Å².